The van der Waals surface area contributed by atoms with Crippen LogP contribution in [0.1, 0.15) is 16.1 Å². The first kappa shape index (κ1) is 18.8. The average Bonchev–Trinajstić information content (AvgIpc) is 2.68. The summed E-state index contributed by atoms with van der Waals surface area (Å²) < 4.78 is 6.17. The highest BCUT2D eigenvalue weighted by molar-refractivity contribution is 6.05. The lowest BCUT2D eigenvalue weighted by atomic mass is 10.2. The van der Waals surface area contributed by atoms with Crippen molar-refractivity contribution in [2.75, 3.05) is 12.4 Å². The maximum Gasteiger partial charge on any atom is 0.292 e. The molecule has 1 N–H and O–H groups in total. The Labute approximate surface area is 159 Å². The van der Waals surface area contributed by atoms with Gasteiger partial charge in [0.2, 0.25) is 0 Å². The van der Waals surface area contributed by atoms with E-state index in [4.69, 9.17) is 4.74 Å². The zero-order chi connectivity index (χ0) is 20.3. The van der Waals surface area contributed by atoms with Crippen LogP contribution in [0.5, 0.6) is 5.75 Å². The third-order valence-corrected chi connectivity index (χ3v) is 3.96. The molecule has 3 rings (SSSR count). The van der Waals surface area contributed by atoms with Gasteiger partial charge in [-0.05, 0) is 25.1 Å². The predicted octanol–water partition coefficient (Wildman–Crippen LogP) is 2.71. The van der Waals surface area contributed by atoms with Crippen molar-refractivity contribution >= 4 is 17.3 Å². The summed E-state index contributed by atoms with van der Waals surface area (Å²) in [6.45, 7) is 1.90. The van der Waals surface area contributed by atoms with E-state index in [9.17, 15) is 19.7 Å². The zero-order valence-electron chi connectivity index (χ0n) is 15.1. The molecule has 9 nitrogen and oxygen atoms in total. The molecule has 0 bridgehead atoms. The van der Waals surface area contributed by atoms with Gasteiger partial charge in [0.15, 0.2) is 11.4 Å². The Morgan fingerprint density at radius 3 is 2.50 bits per heavy atom. The van der Waals surface area contributed by atoms with Crippen molar-refractivity contribution in [3.63, 3.8) is 0 Å². The Morgan fingerprint density at radius 1 is 1.18 bits per heavy atom. The molecule has 2 aromatic carbocycles. The smallest absolute Gasteiger partial charge is 0.292 e. The number of nitro benzene ring substituents is 1. The lowest BCUT2D eigenvalue weighted by molar-refractivity contribution is -0.383. The number of carbonyl (C=O) groups is 1. The van der Waals surface area contributed by atoms with Crippen LogP contribution < -0.4 is 15.6 Å². The summed E-state index contributed by atoms with van der Waals surface area (Å²) in [7, 11) is 1.30. The van der Waals surface area contributed by atoms with Gasteiger partial charge in [-0.15, -0.1) is 0 Å². The number of nitrogens with zero attached hydrogens (tertiary/aromatic N) is 3. The van der Waals surface area contributed by atoms with Crippen molar-refractivity contribution in [3.8, 4) is 11.4 Å². The molecule has 0 unspecified atom stereocenters. The number of ether oxygens (including phenoxy) is 1. The van der Waals surface area contributed by atoms with E-state index in [1.807, 2.05) is 6.92 Å². The molecule has 9 heteroatoms. The Bertz CT molecular complexity index is 1110. The van der Waals surface area contributed by atoms with Gasteiger partial charge in [-0.3, -0.25) is 19.7 Å². The van der Waals surface area contributed by atoms with Crippen molar-refractivity contribution in [3.05, 3.63) is 86.3 Å². The topological polar surface area (TPSA) is 116 Å². The van der Waals surface area contributed by atoms with Gasteiger partial charge in [-0.2, -0.15) is 9.78 Å². The molecule has 142 valence electrons. The first-order valence-electron chi connectivity index (χ1n) is 8.21. The number of methoxy groups -OCH3 is 1. The summed E-state index contributed by atoms with van der Waals surface area (Å²) in [4.78, 5) is 35.6. The van der Waals surface area contributed by atoms with Crippen molar-refractivity contribution in [1.29, 1.82) is 0 Å². The molecule has 1 aromatic heterocycles. The molecular formula is C19H16N4O5. The highest BCUT2D eigenvalue weighted by Crippen LogP contribution is 2.25. The fourth-order valence-electron chi connectivity index (χ4n) is 2.54. The minimum absolute atomic E-state index is 0.00874. The molecule has 28 heavy (non-hydrogen) atoms. The molecule has 0 aliphatic rings. The number of amides is 1. The lowest BCUT2D eigenvalue weighted by Gasteiger charge is -2.11. The van der Waals surface area contributed by atoms with Crippen LogP contribution in [0.25, 0.3) is 5.69 Å². The van der Waals surface area contributed by atoms with Gasteiger partial charge in [-0.25, -0.2) is 0 Å². The number of aromatic nitrogens is 2. The van der Waals surface area contributed by atoms with E-state index in [2.05, 4.69) is 10.4 Å². The van der Waals surface area contributed by atoms with Crippen LogP contribution in [0.3, 0.4) is 0 Å². The third-order valence-electron chi connectivity index (χ3n) is 3.96. The number of hydrogen-bond acceptors (Lipinski definition) is 6. The molecule has 0 aliphatic carbocycles. The first-order valence-corrected chi connectivity index (χ1v) is 8.21. The number of carbonyl (C=O) groups excluding carboxylic acids is 1. The molecule has 3 aromatic rings. The highest BCUT2D eigenvalue weighted by atomic mass is 16.6. The van der Waals surface area contributed by atoms with E-state index in [1.165, 1.54) is 25.3 Å². The zero-order valence-corrected chi connectivity index (χ0v) is 15.1. The lowest BCUT2D eigenvalue weighted by Crippen LogP contribution is -2.26. The predicted molar refractivity (Wildman–Crippen MR) is 102 cm³/mol. The maximum atomic E-state index is 12.7. The molecule has 1 amide bonds. The van der Waals surface area contributed by atoms with Crippen LogP contribution in [-0.4, -0.2) is 27.7 Å². The van der Waals surface area contributed by atoms with Crippen molar-refractivity contribution in [1.82, 2.24) is 9.78 Å². The monoisotopic (exact) mass is 380 g/mol. The van der Waals surface area contributed by atoms with E-state index in [0.29, 0.717) is 5.69 Å². The number of para-hydroxylation sites is 2. The van der Waals surface area contributed by atoms with Gasteiger partial charge < -0.3 is 10.1 Å². The maximum absolute atomic E-state index is 12.7. The standard InChI is InChI=1S/C19H16N4O5/c1-12-7-9-13(10-8-12)22-17(24)11-16(28-2)18(21-22)19(25)20-14-5-3-4-6-15(14)23(26)27/h3-11H,1-2H3,(H,20,25). The van der Waals surface area contributed by atoms with Crippen LogP contribution >= 0.6 is 0 Å². The van der Waals surface area contributed by atoms with Crippen molar-refractivity contribution in [2.24, 2.45) is 0 Å². The molecule has 0 aliphatic heterocycles. The average molecular weight is 380 g/mol. The van der Waals surface area contributed by atoms with Gasteiger partial charge in [0.1, 0.15) is 5.69 Å². The largest absolute Gasteiger partial charge is 0.494 e. The fraction of sp³-hybridized carbons (Fsp3) is 0.105. The van der Waals surface area contributed by atoms with Gasteiger partial charge >= 0.3 is 0 Å². The Balaban J connectivity index is 2.04. The summed E-state index contributed by atoms with van der Waals surface area (Å²) in [5, 5.41) is 17.7. The van der Waals surface area contributed by atoms with Gasteiger partial charge in [-0.1, -0.05) is 29.8 Å². The number of aryl methyl sites for hydroxylation is 1. The molecule has 1 heterocycles. The Kier molecular flexibility index (Phi) is 5.16. The Morgan fingerprint density at radius 2 is 1.86 bits per heavy atom. The number of nitro groups is 1. The van der Waals surface area contributed by atoms with Crippen LogP contribution in [0, 0.1) is 17.0 Å². The van der Waals surface area contributed by atoms with E-state index in [0.717, 1.165) is 16.3 Å². The summed E-state index contributed by atoms with van der Waals surface area (Å²) in [6.07, 6.45) is 0. The summed E-state index contributed by atoms with van der Waals surface area (Å²) in [6, 6.07) is 13.9. The van der Waals surface area contributed by atoms with Gasteiger partial charge in [0, 0.05) is 6.07 Å². The van der Waals surface area contributed by atoms with Crippen molar-refractivity contribution in [2.45, 2.75) is 6.92 Å². The fourth-order valence-corrected chi connectivity index (χ4v) is 2.54. The van der Waals surface area contributed by atoms with Crippen LogP contribution in [0.2, 0.25) is 0 Å². The molecule has 0 radical (unpaired) electrons. The quantitative estimate of drug-likeness (QED) is 0.537. The summed E-state index contributed by atoms with van der Waals surface area (Å²) in [5.74, 6) is -0.781. The van der Waals surface area contributed by atoms with Crippen LogP contribution in [0.4, 0.5) is 11.4 Å². The second kappa shape index (κ2) is 7.70. The van der Waals surface area contributed by atoms with Crippen molar-refractivity contribution < 1.29 is 14.5 Å². The van der Waals surface area contributed by atoms with Crippen LogP contribution in [-0.2, 0) is 0 Å². The molecule has 0 spiro atoms. The minimum atomic E-state index is -0.744. The SMILES string of the molecule is COc1cc(=O)n(-c2ccc(C)cc2)nc1C(=O)Nc1ccccc1[N+](=O)[O-]. The van der Waals surface area contributed by atoms with E-state index >= 15 is 0 Å². The first-order chi connectivity index (χ1) is 13.4. The third kappa shape index (κ3) is 3.73. The second-order valence-electron chi connectivity index (χ2n) is 5.88. The molecule has 0 fully saturated rings. The minimum Gasteiger partial charge on any atom is -0.494 e. The number of hydrogen-bond donors (Lipinski definition) is 1. The number of benzene rings is 2. The highest BCUT2D eigenvalue weighted by Gasteiger charge is 2.21. The summed E-state index contributed by atoms with van der Waals surface area (Å²) >= 11 is 0. The molecule has 0 saturated heterocycles. The molecular weight excluding hydrogens is 364 g/mol. The molecule has 0 atom stereocenters. The molecule has 0 saturated carbocycles. The second-order valence-corrected chi connectivity index (χ2v) is 5.88. The van der Waals surface area contributed by atoms with Gasteiger partial charge in [0.25, 0.3) is 17.2 Å². The number of anilines is 1. The normalized spacial score (nSPS) is 10.4. The summed E-state index contributed by atoms with van der Waals surface area (Å²) in [5.41, 5.74) is 0.553. The van der Waals surface area contributed by atoms with E-state index in [-0.39, 0.29) is 22.8 Å². The van der Waals surface area contributed by atoms with Gasteiger partial charge in [0.05, 0.1) is 23.8 Å². The van der Waals surface area contributed by atoms with Crippen LogP contribution in [0.15, 0.2) is 59.4 Å². The van der Waals surface area contributed by atoms with E-state index < -0.39 is 16.4 Å². The number of nitrogens with one attached hydrogen (secondary N) is 1. The number of rotatable bonds is 5. The Hall–Kier alpha value is -4.01. The van der Waals surface area contributed by atoms with E-state index in [1.54, 1.807) is 30.3 Å².